The second kappa shape index (κ2) is 7.31. The second-order valence-corrected chi connectivity index (χ2v) is 6.36. The molecule has 0 saturated heterocycles. The van der Waals surface area contributed by atoms with Gasteiger partial charge in [-0.05, 0) is 23.6 Å². The Kier molecular flexibility index (Phi) is 5.72. The SMILES string of the molecule is O=C(Cc1ccc(Cl)cc1Cl)CC1CCCCCC1. The van der Waals surface area contributed by atoms with Crippen molar-refractivity contribution in [2.75, 3.05) is 0 Å². The van der Waals surface area contributed by atoms with Gasteiger partial charge in [-0.15, -0.1) is 0 Å². The van der Waals surface area contributed by atoms with E-state index in [1.807, 2.05) is 6.07 Å². The smallest absolute Gasteiger partial charge is 0.137 e. The van der Waals surface area contributed by atoms with Gasteiger partial charge in [0, 0.05) is 22.9 Å². The molecule has 0 N–H and O–H groups in total. The first-order chi connectivity index (χ1) is 9.15. The molecule has 3 heteroatoms. The van der Waals surface area contributed by atoms with Crippen LogP contribution < -0.4 is 0 Å². The average Bonchev–Trinajstić information content (AvgIpc) is 2.61. The molecule has 104 valence electrons. The number of rotatable bonds is 4. The molecule has 0 unspecified atom stereocenters. The standard InChI is InChI=1S/C16H20Cl2O/c17-14-8-7-13(16(18)11-14)10-15(19)9-12-5-3-1-2-4-6-12/h7-8,11-12H,1-6,9-10H2. The molecule has 0 radical (unpaired) electrons. The van der Waals surface area contributed by atoms with E-state index in [-0.39, 0.29) is 0 Å². The zero-order valence-electron chi connectivity index (χ0n) is 11.1. The third kappa shape index (κ3) is 4.81. The lowest BCUT2D eigenvalue weighted by Crippen LogP contribution is -2.10. The maximum atomic E-state index is 12.1. The predicted octanol–water partition coefficient (Wildman–Crippen LogP) is 5.47. The molecule has 1 nitrogen and oxygen atoms in total. The summed E-state index contributed by atoms with van der Waals surface area (Å²) in [5.41, 5.74) is 0.893. The first-order valence-corrected chi connectivity index (χ1v) is 7.86. The summed E-state index contributed by atoms with van der Waals surface area (Å²) < 4.78 is 0. The second-order valence-electron chi connectivity index (χ2n) is 5.51. The van der Waals surface area contributed by atoms with E-state index >= 15 is 0 Å². The molecule has 2 rings (SSSR count). The number of hydrogen-bond acceptors (Lipinski definition) is 1. The van der Waals surface area contributed by atoms with Crippen LogP contribution in [-0.2, 0) is 11.2 Å². The van der Waals surface area contributed by atoms with E-state index in [0.29, 0.717) is 34.6 Å². The Morgan fingerprint density at radius 2 is 1.79 bits per heavy atom. The Labute approximate surface area is 125 Å². The highest BCUT2D eigenvalue weighted by atomic mass is 35.5. The van der Waals surface area contributed by atoms with Crippen molar-refractivity contribution in [2.24, 2.45) is 5.92 Å². The lowest BCUT2D eigenvalue weighted by molar-refractivity contribution is -0.119. The first kappa shape index (κ1) is 14.9. The van der Waals surface area contributed by atoms with Crippen LogP contribution in [0.1, 0.15) is 50.5 Å². The number of hydrogen-bond donors (Lipinski definition) is 0. The monoisotopic (exact) mass is 298 g/mol. The minimum Gasteiger partial charge on any atom is -0.299 e. The van der Waals surface area contributed by atoms with Crippen molar-refractivity contribution in [3.8, 4) is 0 Å². The van der Waals surface area contributed by atoms with Crippen LogP contribution in [0.3, 0.4) is 0 Å². The van der Waals surface area contributed by atoms with Crippen molar-refractivity contribution in [1.29, 1.82) is 0 Å². The van der Waals surface area contributed by atoms with E-state index in [4.69, 9.17) is 23.2 Å². The van der Waals surface area contributed by atoms with Crippen LogP contribution in [0.5, 0.6) is 0 Å². The van der Waals surface area contributed by atoms with E-state index in [2.05, 4.69) is 0 Å². The molecule has 1 aliphatic rings. The van der Waals surface area contributed by atoms with Crippen molar-refractivity contribution in [2.45, 2.75) is 51.4 Å². The van der Waals surface area contributed by atoms with E-state index < -0.39 is 0 Å². The zero-order valence-corrected chi connectivity index (χ0v) is 12.6. The fourth-order valence-electron chi connectivity index (χ4n) is 2.84. The Morgan fingerprint density at radius 3 is 2.42 bits per heavy atom. The predicted molar refractivity (Wildman–Crippen MR) is 81.0 cm³/mol. The molecule has 1 aromatic carbocycles. The number of carbonyl (C=O) groups is 1. The summed E-state index contributed by atoms with van der Waals surface area (Å²) >= 11 is 12.0. The maximum absolute atomic E-state index is 12.1. The molecule has 0 amide bonds. The quantitative estimate of drug-likeness (QED) is 0.674. The Balaban J connectivity index is 1.89. The third-order valence-electron chi connectivity index (χ3n) is 3.89. The molecule has 0 aromatic heterocycles. The highest BCUT2D eigenvalue weighted by Gasteiger charge is 2.17. The van der Waals surface area contributed by atoms with Gasteiger partial charge in [-0.3, -0.25) is 4.79 Å². The number of carbonyl (C=O) groups excluding carboxylic acids is 1. The molecule has 0 spiro atoms. The first-order valence-electron chi connectivity index (χ1n) is 7.11. The Morgan fingerprint density at radius 1 is 1.11 bits per heavy atom. The lowest BCUT2D eigenvalue weighted by atomic mass is 9.92. The van der Waals surface area contributed by atoms with E-state index in [0.717, 1.165) is 5.56 Å². The zero-order chi connectivity index (χ0) is 13.7. The molecule has 19 heavy (non-hydrogen) atoms. The average molecular weight is 299 g/mol. The molecule has 0 bridgehead atoms. The van der Waals surface area contributed by atoms with Crippen LogP contribution >= 0.6 is 23.2 Å². The van der Waals surface area contributed by atoms with Gasteiger partial charge in [0.05, 0.1) is 0 Å². The van der Waals surface area contributed by atoms with Crippen molar-refractivity contribution < 1.29 is 4.79 Å². The third-order valence-corrected chi connectivity index (χ3v) is 4.48. The number of Topliss-reactive ketones (excluding diaryl/α,β-unsaturated/α-hetero) is 1. The highest BCUT2D eigenvalue weighted by molar-refractivity contribution is 6.35. The van der Waals surface area contributed by atoms with Gasteiger partial charge in [0.25, 0.3) is 0 Å². The number of ketones is 1. The summed E-state index contributed by atoms with van der Waals surface area (Å²) in [6.07, 6.45) is 8.77. The van der Waals surface area contributed by atoms with E-state index in [9.17, 15) is 4.79 Å². The minimum absolute atomic E-state index is 0.302. The highest BCUT2D eigenvalue weighted by Crippen LogP contribution is 2.27. The molecule has 0 aliphatic heterocycles. The van der Waals surface area contributed by atoms with Crippen LogP contribution in [0.2, 0.25) is 10.0 Å². The van der Waals surface area contributed by atoms with Gasteiger partial charge < -0.3 is 0 Å². The molecule has 1 aromatic rings. The van der Waals surface area contributed by atoms with Gasteiger partial charge in [-0.25, -0.2) is 0 Å². The van der Waals surface area contributed by atoms with Crippen LogP contribution in [0.4, 0.5) is 0 Å². The van der Waals surface area contributed by atoms with E-state index in [1.54, 1.807) is 12.1 Å². The van der Waals surface area contributed by atoms with Crippen molar-refractivity contribution >= 4 is 29.0 Å². The Bertz CT molecular complexity index is 434. The molecule has 0 heterocycles. The molecular formula is C16H20Cl2O. The van der Waals surface area contributed by atoms with Crippen LogP contribution in [0.15, 0.2) is 18.2 Å². The number of benzene rings is 1. The molecule has 1 saturated carbocycles. The van der Waals surface area contributed by atoms with Gasteiger partial charge in [0.2, 0.25) is 0 Å². The van der Waals surface area contributed by atoms with Crippen molar-refractivity contribution in [3.63, 3.8) is 0 Å². The fraction of sp³-hybridized carbons (Fsp3) is 0.562. The van der Waals surface area contributed by atoms with Gasteiger partial charge in [-0.1, -0.05) is 67.8 Å². The fourth-order valence-corrected chi connectivity index (χ4v) is 3.31. The van der Waals surface area contributed by atoms with Gasteiger partial charge >= 0.3 is 0 Å². The van der Waals surface area contributed by atoms with Crippen molar-refractivity contribution in [3.05, 3.63) is 33.8 Å². The Hall–Kier alpha value is -0.530. The van der Waals surface area contributed by atoms with Crippen molar-refractivity contribution in [1.82, 2.24) is 0 Å². The number of halogens is 2. The van der Waals surface area contributed by atoms with Gasteiger partial charge in [0.1, 0.15) is 5.78 Å². The van der Waals surface area contributed by atoms with Crippen LogP contribution in [0.25, 0.3) is 0 Å². The van der Waals surface area contributed by atoms with E-state index in [1.165, 1.54) is 38.5 Å². The summed E-state index contributed by atoms with van der Waals surface area (Å²) in [5, 5.41) is 1.21. The maximum Gasteiger partial charge on any atom is 0.137 e. The summed E-state index contributed by atoms with van der Waals surface area (Å²) in [4.78, 5) is 12.1. The van der Waals surface area contributed by atoms with Gasteiger partial charge in [0.15, 0.2) is 0 Å². The molecule has 0 atom stereocenters. The molecule has 1 aliphatic carbocycles. The summed E-state index contributed by atoms with van der Waals surface area (Å²) in [6.45, 7) is 0. The summed E-state index contributed by atoms with van der Waals surface area (Å²) in [6, 6.07) is 5.36. The molecular weight excluding hydrogens is 279 g/mol. The summed E-state index contributed by atoms with van der Waals surface area (Å²) in [7, 11) is 0. The lowest BCUT2D eigenvalue weighted by Gasteiger charge is -2.13. The topological polar surface area (TPSA) is 17.1 Å². The minimum atomic E-state index is 0.302. The van der Waals surface area contributed by atoms with Gasteiger partial charge in [-0.2, -0.15) is 0 Å². The normalized spacial score (nSPS) is 17.2. The van der Waals surface area contributed by atoms with Crippen LogP contribution in [-0.4, -0.2) is 5.78 Å². The van der Waals surface area contributed by atoms with Crippen LogP contribution in [0, 0.1) is 5.92 Å². The largest absolute Gasteiger partial charge is 0.299 e. The summed E-state index contributed by atoms with van der Waals surface area (Å²) in [5.74, 6) is 0.886. The molecule has 1 fully saturated rings.